The fourth-order valence-electron chi connectivity index (χ4n) is 5.52. The Labute approximate surface area is 149 Å². The summed E-state index contributed by atoms with van der Waals surface area (Å²) < 4.78 is 0. The topological polar surface area (TPSA) is 80.4 Å². The van der Waals surface area contributed by atoms with E-state index in [2.05, 4.69) is 27.4 Å². The summed E-state index contributed by atoms with van der Waals surface area (Å²) in [5.74, 6) is -0.665. The van der Waals surface area contributed by atoms with Crippen molar-refractivity contribution in [1.82, 2.24) is 0 Å². The number of fused-ring (bicyclic) bond motifs is 1. The average Bonchev–Trinajstić information content (AvgIpc) is 2.56. The Hall–Kier alpha value is -1.84. The van der Waals surface area contributed by atoms with E-state index in [4.69, 9.17) is 5.73 Å². The van der Waals surface area contributed by atoms with Crippen LogP contribution in [0, 0.1) is 22.7 Å². The molecule has 3 aliphatic rings. The number of nitrogens with two attached hydrogens (primary N) is 1. The molecular weight excluding hydrogens is 314 g/mol. The lowest BCUT2D eigenvalue weighted by molar-refractivity contribution is -0.132. The molecule has 0 unspecified atom stereocenters. The number of carbonyl (C=O) groups is 2. The van der Waals surface area contributed by atoms with Crippen molar-refractivity contribution in [3.05, 3.63) is 35.3 Å². The van der Waals surface area contributed by atoms with E-state index in [1.807, 2.05) is 0 Å². The normalized spacial score (nSPS) is 39.3. The van der Waals surface area contributed by atoms with E-state index >= 15 is 0 Å². The second kappa shape index (κ2) is 5.86. The van der Waals surface area contributed by atoms with Crippen LogP contribution in [0.3, 0.4) is 0 Å². The molecular formula is C21H29NO3. The standard InChI is InChI=1S/C21H29NO3/c1-12-6-5-7-17-20(12,3)9-8-13(2)21(17,4)11-14-18(24)15(22)10-16(23)19(14)25/h10,13,17,24H,1,5-9,11,22H2,2-4H3/t13-,17+,20+,21-/m0/s1. The van der Waals surface area contributed by atoms with Gasteiger partial charge in [0.05, 0.1) is 5.70 Å². The summed E-state index contributed by atoms with van der Waals surface area (Å²) in [5.41, 5.74) is 7.15. The second-order valence-corrected chi connectivity index (χ2v) is 8.71. The highest BCUT2D eigenvalue weighted by Gasteiger charge is 2.54. The molecule has 4 heteroatoms. The van der Waals surface area contributed by atoms with Gasteiger partial charge in [-0.1, -0.05) is 32.9 Å². The van der Waals surface area contributed by atoms with Crippen LogP contribution in [0.4, 0.5) is 0 Å². The first kappa shape index (κ1) is 18.0. The van der Waals surface area contributed by atoms with Gasteiger partial charge in [-0.15, -0.1) is 0 Å². The van der Waals surface area contributed by atoms with Crippen molar-refractivity contribution in [3.8, 4) is 0 Å². The Balaban J connectivity index is 2.03. The molecule has 2 fully saturated rings. The molecule has 3 rings (SSSR count). The maximum Gasteiger partial charge on any atom is 0.232 e. The van der Waals surface area contributed by atoms with E-state index < -0.39 is 11.6 Å². The number of hydrogen-bond donors (Lipinski definition) is 2. The smallest absolute Gasteiger partial charge is 0.232 e. The zero-order valence-electron chi connectivity index (χ0n) is 15.5. The van der Waals surface area contributed by atoms with Gasteiger partial charge in [-0.05, 0) is 61.2 Å². The predicted molar refractivity (Wildman–Crippen MR) is 97.6 cm³/mol. The minimum atomic E-state index is -0.631. The van der Waals surface area contributed by atoms with E-state index in [1.165, 1.54) is 5.57 Å². The number of aliphatic hydroxyl groups excluding tert-OH is 1. The number of Topliss-reactive ketones (excluding diaryl/α,β-unsaturated/α-hetero) is 1. The molecule has 0 heterocycles. The maximum atomic E-state index is 12.4. The van der Waals surface area contributed by atoms with Crippen molar-refractivity contribution in [1.29, 1.82) is 0 Å². The molecule has 25 heavy (non-hydrogen) atoms. The van der Waals surface area contributed by atoms with Gasteiger partial charge in [0.15, 0.2) is 0 Å². The van der Waals surface area contributed by atoms with Crippen LogP contribution in [0.15, 0.2) is 35.3 Å². The van der Waals surface area contributed by atoms with Gasteiger partial charge in [-0.3, -0.25) is 9.59 Å². The van der Waals surface area contributed by atoms with Gasteiger partial charge in [0.25, 0.3) is 0 Å². The van der Waals surface area contributed by atoms with Gasteiger partial charge < -0.3 is 10.8 Å². The van der Waals surface area contributed by atoms with Crippen molar-refractivity contribution in [2.75, 3.05) is 0 Å². The molecule has 136 valence electrons. The van der Waals surface area contributed by atoms with Crippen LogP contribution in [-0.2, 0) is 9.59 Å². The first-order valence-electron chi connectivity index (χ1n) is 9.28. The first-order valence-corrected chi connectivity index (χ1v) is 9.28. The largest absolute Gasteiger partial charge is 0.505 e. The second-order valence-electron chi connectivity index (χ2n) is 8.71. The van der Waals surface area contributed by atoms with E-state index in [9.17, 15) is 14.7 Å². The molecule has 0 aromatic rings. The summed E-state index contributed by atoms with van der Waals surface area (Å²) >= 11 is 0. The molecule has 4 atom stereocenters. The fourth-order valence-corrected chi connectivity index (χ4v) is 5.52. The molecule has 3 N–H and O–H groups in total. The molecule has 2 saturated carbocycles. The quantitative estimate of drug-likeness (QED) is 0.451. The third-order valence-corrected chi connectivity index (χ3v) is 7.47. The molecule has 3 aliphatic carbocycles. The Morgan fingerprint density at radius 2 is 2.00 bits per heavy atom. The van der Waals surface area contributed by atoms with Crippen LogP contribution in [0.2, 0.25) is 0 Å². The summed E-state index contributed by atoms with van der Waals surface area (Å²) in [5, 5.41) is 10.4. The van der Waals surface area contributed by atoms with E-state index in [-0.39, 0.29) is 27.9 Å². The molecule has 0 radical (unpaired) electrons. The van der Waals surface area contributed by atoms with Gasteiger partial charge in [0, 0.05) is 11.6 Å². The van der Waals surface area contributed by atoms with Crippen molar-refractivity contribution in [2.45, 2.75) is 59.3 Å². The molecule has 0 amide bonds. The number of hydrogen-bond acceptors (Lipinski definition) is 4. The third-order valence-electron chi connectivity index (χ3n) is 7.47. The Morgan fingerprint density at radius 3 is 2.68 bits per heavy atom. The minimum Gasteiger partial charge on any atom is -0.505 e. The number of rotatable bonds is 2. The van der Waals surface area contributed by atoms with Crippen molar-refractivity contribution >= 4 is 11.6 Å². The van der Waals surface area contributed by atoms with Crippen LogP contribution >= 0.6 is 0 Å². The molecule has 0 aliphatic heterocycles. The highest BCUT2D eigenvalue weighted by Crippen LogP contribution is 2.63. The Kier molecular flexibility index (Phi) is 4.21. The predicted octanol–water partition coefficient (Wildman–Crippen LogP) is 3.98. The molecule has 0 aromatic heterocycles. The lowest BCUT2D eigenvalue weighted by Gasteiger charge is -2.59. The van der Waals surface area contributed by atoms with Crippen molar-refractivity contribution in [2.24, 2.45) is 28.4 Å². The van der Waals surface area contributed by atoms with Gasteiger partial charge in [-0.2, -0.15) is 0 Å². The number of allylic oxidation sites excluding steroid dienone is 3. The molecule has 0 spiro atoms. The Bertz CT molecular complexity index is 717. The molecule has 0 aromatic carbocycles. The molecule has 4 nitrogen and oxygen atoms in total. The van der Waals surface area contributed by atoms with Crippen LogP contribution in [0.1, 0.15) is 59.3 Å². The minimum absolute atomic E-state index is 0.00229. The third kappa shape index (κ3) is 2.57. The van der Waals surface area contributed by atoms with Crippen LogP contribution < -0.4 is 5.73 Å². The van der Waals surface area contributed by atoms with E-state index in [0.29, 0.717) is 18.3 Å². The maximum absolute atomic E-state index is 12.4. The summed E-state index contributed by atoms with van der Waals surface area (Å²) in [6, 6.07) is 0. The van der Waals surface area contributed by atoms with Crippen molar-refractivity contribution < 1.29 is 14.7 Å². The summed E-state index contributed by atoms with van der Waals surface area (Å²) in [4.78, 5) is 24.3. The van der Waals surface area contributed by atoms with E-state index in [0.717, 1.165) is 38.2 Å². The average molecular weight is 343 g/mol. The van der Waals surface area contributed by atoms with Crippen LogP contribution in [0.25, 0.3) is 0 Å². The van der Waals surface area contributed by atoms with Crippen LogP contribution in [0.5, 0.6) is 0 Å². The zero-order valence-corrected chi connectivity index (χ0v) is 15.5. The van der Waals surface area contributed by atoms with Gasteiger partial charge in [-0.25, -0.2) is 0 Å². The van der Waals surface area contributed by atoms with Crippen molar-refractivity contribution in [3.63, 3.8) is 0 Å². The highest BCUT2D eigenvalue weighted by atomic mass is 16.3. The highest BCUT2D eigenvalue weighted by molar-refractivity contribution is 6.48. The van der Waals surface area contributed by atoms with Gasteiger partial charge >= 0.3 is 0 Å². The Morgan fingerprint density at radius 1 is 1.32 bits per heavy atom. The summed E-state index contributed by atoms with van der Waals surface area (Å²) in [6.07, 6.45) is 6.88. The van der Waals surface area contributed by atoms with Gasteiger partial charge in [0.1, 0.15) is 5.76 Å². The monoisotopic (exact) mass is 343 g/mol. The van der Waals surface area contributed by atoms with Gasteiger partial charge in [0.2, 0.25) is 11.6 Å². The fraction of sp³-hybridized carbons (Fsp3) is 0.619. The zero-order chi connectivity index (χ0) is 18.6. The number of carbonyl (C=O) groups excluding carboxylic acids is 2. The lowest BCUT2D eigenvalue weighted by Crippen LogP contribution is -2.51. The molecule has 0 saturated heterocycles. The lowest BCUT2D eigenvalue weighted by atomic mass is 9.46. The summed E-state index contributed by atoms with van der Waals surface area (Å²) in [6.45, 7) is 11.1. The van der Waals surface area contributed by atoms with Crippen LogP contribution in [-0.4, -0.2) is 16.7 Å². The first-order chi connectivity index (χ1) is 11.6. The number of aliphatic hydroxyl groups is 1. The summed E-state index contributed by atoms with van der Waals surface area (Å²) in [7, 11) is 0. The number of ketones is 2. The van der Waals surface area contributed by atoms with E-state index in [1.54, 1.807) is 0 Å². The molecule has 0 bridgehead atoms. The SMILES string of the molecule is C=C1CCC[C@H]2[C@@](C)(CC3=C(O)C(N)=CC(=O)C3=O)[C@@H](C)CC[C@]12C.